The van der Waals surface area contributed by atoms with Crippen LogP contribution in [0, 0.1) is 0 Å². The van der Waals surface area contributed by atoms with E-state index in [1.807, 2.05) is 17.7 Å². The van der Waals surface area contributed by atoms with Crippen molar-refractivity contribution < 1.29 is 0 Å². The lowest BCUT2D eigenvalue weighted by Crippen LogP contribution is -2.21. The van der Waals surface area contributed by atoms with E-state index in [1.165, 1.54) is 0 Å². The van der Waals surface area contributed by atoms with Crippen molar-refractivity contribution in [1.82, 2.24) is 9.78 Å². The van der Waals surface area contributed by atoms with Gasteiger partial charge < -0.3 is 11.1 Å². The van der Waals surface area contributed by atoms with Gasteiger partial charge in [0.1, 0.15) is 5.82 Å². The van der Waals surface area contributed by atoms with E-state index in [9.17, 15) is 0 Å². The molecule has 1 aromatic rings. The van der Waals surface area contributed by atoms with Crippen LogP contribution >= 0.6 is 12.2 Å². The largest absolute Gasteiger partial charge is 0.376 e. The average molecular weight is 226 g/mol. The van der Waals surface area contributed by atoms with Crippen LogP contribution in [0.4, 0.5) is 5.82 Å². The van der Waals surface area contributed by atoms with E-state index in [0.29, 0.717) is 0 Å². The predicted octanol–water partition coefficient (Wildman–Crippen LogP) is 1.86. The van der Waals surface area contributed by atoms with Crippen molar-refractivity contribution in [1.29, 1.82) is 0 Å². The Morgan fingerprint density at radius 1 is 1.60 bits per heavy atom. The van der Waals surface area contributed by atoms with Crippen LogP contribution in [0.5, 0.6) is 0 Å². The number of hydrogen-bond acceptors (Lipinski definition) is 2. The van der Waals surface area contributed by atoms with Crippen LogP contribution in [-0.4, -0.2) is 14.9 Å². The summed E-state index contributed by atoms with van der Waals surface area (Å²) in [6, 6.07) is 1.99. The first-order valence-electron chi connectivity index (χ1n) is 4.99. The third-order valence-electron chi connectivity index (χ3n) is 2.10. The zero-order chi connectivity index (χ0) is 11.6. The molecule has 0 aliphatic carbocycles. The van der Waals surface area contributed by atoms with Gasteiger partial charge in [-0.1, -0.05) is 20.8 Å². The van der Waals surface area contributed by atoms with E-state index in [2.05, 4.69) is 31.2 Å². The minimum atomic E-state index is 0.0348. The minimum absolute atomic E-state index is 0.0348. The van der Waals surface area contributed by atoms with Crippen molar-refractivity contribution in [3.05, 3.63) is 11.8 Å². The van der Waals surface area contributed by atoms with Crippen molar-refractivity contribution in [3.63, 3.8) is 0 Å². The van der Waals surface area contributed by atoms with Crippen LogP contribution in [0.2, 0.25) is 0 Å². The molecule has 0 aliphatic rings. The number of nitrogens with two attached hydrogens (primary N) is 1. The Hall–Kier alpha value is -1.10. The number of nitrogens with one attached hydrogen (secondary N) is 1. The fraction of sp³-hybridized carbons (Fsp3) is 0.600. The molecule has 0 spiro atoms. The first-order chi connectivity index (χ1) is 6.84. The first-order valence-corrected chi connectivity index (χ1v) is 5.40. The molecule has 0 unspecified atom stereocenters. The van der Waals surface area contributed by atoms with Gasteiger partial charge in [0.15, 0.2) is 5.11 Å². The molecule has 0 fully saturated rings. The summed E-state index contributed by atoms with van der Waals surface area (Å²) in [6.45, 7) is 9.20. The molecule has 4 nitrogen and oxygen atoms in total. The van der Waals surface area contributed by atoms with Crippen LogP contribution in [-0.2, 0) is 12.0 Å². The molecule has 1 heterocycles. The number of aryl methyl sites for hydroxylation is 1. The summed E-state index contributed by atoms with van der Waals surface area (Å²) in [5.74, 6) is 0.856. The van der Waals surface area contributed by atoms with Gasteiger partial charge in [-0.2, -0.15) is 5.10 Å². The SMILES string of the molecule is CCn1nc(C(C)(C)C)cc1NC(N)=S. The maximum Gasteiger partial charge on any atom is 0.169 e. The van der Waals surface area contributed by atoms with Gasteiger partial charge in [-0.3, -0.25) is 0 Å². The fourth-order valence-corrected chi connectivity index (χ4v) is 1.36. The average Bonchev–Trinajstić information content (AvgIpc) is 2.45. The summed E-state index contributed by atoms with van der Waals surface area (Å²) in [4.78, 5) is 0. The fourth-order valence-electron chi connectivity index (χ4n) is 1.25. The number of rotatable bonds is 2. The van der Waals surface area contributed by atoms with Gasteiger partial charge in [0, 0.05) is 18.0 Å². The summed E-state index contributed by atoms with van der Waals surface area (Å²) >= 11 is 4.81. The molecule has 0 amide bonds. The zero-order valence-electron chi connectivity index (χ0n) is 9.66. The van der Waals surface area contributed by atoms with Gasteiger partial charge in [-0.05, 0) is 19.1 Å². The Balaban J connectivity index is 3.06. The Kier molecular flexibility index (Phi) is 3.34. The van der Waals surface area contributed by atoms with Crippen molar-refractivity contribution in [2.24, 2.45) is 5.73 Å². The van der Waals surface area contributed by atoms with Crippen LogP contribution in [0.1, 0.15) is 33.4 Å². The smallest absolute Gasteiger partial charge is 0.169 e. The normalized spacial score (nSPS) is 11.5. The molecule has 0 bridgehead atoms. The molecule has 1 aromatic heterocycles. The molecule has 15 heavy (non-hydrogen) atoms. The van der Waals surface area contributed by atoms with Gasteiger partial charge >= 0.3 is 0 Å². The van der Waals surface area contributed by atoms with E-state index in [-0.39, 0.29) is 10.5 Å². The van der Waals surface area contributed by atoms with Gasteiger partial charge in [0.05, 0.1) is 5.69 Å². The summed E-state index contributed by atoms with van der Waals surface area (Å²) in [6.07, 6.45) is 0. The molecule has 0 saturated heterocycles. The van der Waals surface area contributed by atoms with Gasteiger partial charge in [0.2, 0.25) is 0 Å². The van der Waals surface area contributed by atoms with Crippen LogP contribution in [0.15, 0.2) is 6.07 Å². The molecular formula is C10H18N4S. The quantitative estimate of drug-likeness (QED) is 0.756. The number of thiocarbonyl (C=S) groups is 1. The third-order valence-corrected chi connectivity index (χ3v) is 2.20. The van der Waals surface area contributed by atoms with Crippen molar-refractivity contribution in [2.75, 3.05) is 5.32 Å². The molecule has 1 rings (SSSR count). The van der Waals surface area contributed by atoms with E-state index in [4.69, 9.17) is 18.0 Å². The number of nitrogens with zero attached hydrogens (tertiary/aromatic N) is 2. The molecule has 0 aliphatic heterocycles. The number of anilines is 1. The topological polar surface area (TPSA) is 55.9 Å². The van der Waals surface area contributed by atoms with E-state index >= 15 is 0 Å². The Labute approximate surface area is 95.8 Å². The second-order valence-corrected chi connectivity index (χ2v) is 4.91. The minimum Gasteiger partial charge on any atom is -0.376 e. The number of hydrogen-bond donors (Lipinski definition) is 2. The first kappa shape index (κ1) is 12.0. The highest BCUT2D eigenvalue weighted by atomic mass is 32.1. The lowest BCUT2D eigenvalue weighted by molar-refractivity contribution is 0.542. The second kappa shape index (κ2) is 4.18. The summed E-state index contributed by atoms with van der Waals surface area (Å²) in [5, 5.41) is 7.69. The standard InChI is InChI=1S/C10H18N4S/c1-5-14-8(12-9(11)15)6-7(13-14)10(2,3)4/h6H,5H2,1-4H3,(H3,11,12,15). The van der Waals surface area contributed by atoms with Crippen LogP contribution in [0.25, 0.3) is 0 Å². The highest BCUT2D eigenvalue weighted by Gasteiger charge is 2.19. The summed E-state index contributed by atoms with van der Waals surface area (Å²) in [5.41, 5.74) is 6.51. The van der Waals surface area contributed by atoms with E-state index < -0.39 is 0 Å². The summed E-state index contributed by atoms with van der Waals surface area (Å²) < 4.78 is 1.86. The monoisotopic (exact) mass is 226 g/mol. The Morgan fingerprint density at radius 3 is 2.60 bits per heavy atom. The maximum atomic E-state index is 5.45. The van der Waals surface area contributed by atoms with Crippen LogP contribution in [0.3, 0.4) is 0 Å². The lowest BCUT2D eigenvalue weighted by Gasteiger charge is -2.13. The molecule has 84 valence electrons. The second-order valence-electron chi connectivity index (χ2n) is 4.47. The maximum absolute atomic E-state index is 5.45. The summed E-state index contributed by atoms with van der Waals surface area (Å²) in [7, 11) is 0. The lowest BCUT2D eigenvalue weighted by atomic mass is 9.92. The van der Waals surface area contributed by atoms with Crippen molar-refractivity contribution in [2.45, 2.75) is 39.7 Å². The zero-order valence-corrected chi connectivity index (χ0v) is 10.5. The highest BCUT2D eigenvalue weighted by Crippen LogP contribution is 2.23. The molecule has 0 atom stereocenters. The Morgan fingerprint density at radius 2 is 2.20 bits per heavy atom. The van der Waals surface area contributed by atoms with Crippen LogP contribution < -0.4 is 11.1 Å². The molecule has 0 aromatic carbocycles. The third kappa shape index (κ3) is 2.92. The van der Waals surface area contributed by atoms with Crippen molar-refractivity contribution in [3.8, 4) is 0 Å². The van der Waals surface area contributed by atoms with Gasteiger partial charge in [-0.25, -0.2) is 4.68 Å². The highest BCUT2D eigenvalue weighted by molar-refractivity contribution is 7.80. The molecule has 5 heteroatoms. The number of aromatic nitrogens is 2. The van der Waals surface area contributed by atoms with E-state index in [1.54, 1.807) is 0 Å². The molecule has 0 radical (unpaired) electrons. The van der Waals surface area contributed by atoms with Gasteiger partial charge in [-0.15, -0.1) is 0 Å². The Bertz CT molecular complexity index is 362. The molecule has 3 N–H and O–H groups in total. The van der Waals surface area contributed by atoms with Crippen molar-refractivity contribution >= 4 is 23.1 Å². The predicted molar refractivity (Wildman–Crippen MR) is 67.0 cm³/mol. The molecule has 0 saturated carbocycles. The van der Waals surface area contributed by atoms with Gasteiger partial charge in [0.25, 0.3) is 0 Å². The molecular weight excluding hydrogens is 208 g/mol. The van der Waals surface area contributed by atoms with E-state index in [0.717, 1.165) is 18.1 Å².